The molecule has 2 aromatic rings. The number of nitrogens with zero attached hydrogens (tertiary/aromatic N) is 1. The number of ether oxygens (including phenoxy) is 2. The van der Waals surface area contributed by atoms with Gasteiger partial charge in [0.15, 0.2) is 0 Å². The molecule has 7 heteroatoms. The molecule has 1 saturated heterocycles. The van der Waals surface area contributed by atoms with Crippen LogP contribution in [0.2, 0.25) is 0 Å². The van der Waals surface area contributed by atoms with Crippen LogP contribution in [-0.2, 0) is 4.74 Å². The predicted molar refractivity (Wildman–Crippen MR) is 100 cm³/mol. The average molecular weight is 379 g/mol. The molecular formula is C21H21N3O4. The lowest BCUT2D eigenvalue weighted by atomic mass is 9.91. The highest BCUT2D eigenvalue weighted by molar-refractivity contribution is 6.02. The molecule has 0 bridgehead atoms. The lowest BCUT2D eigenvalue weighted by molar-refractivity contribution is 0.0929. The van der Waals surface area contributed by atoms with Gasteiger partial charge in [0.2, 0.25) is 0 Å². The van der Waals surface area contributed by atoms with E-state index in [1.54, 1.807) is 25.5 Å². The Bertz CT molecular complexity index is 936. The van der Waals surface area contributed by atoms with Gasteiger partial charge < -0.3 is 20.1 Å². The summed E-state index contributed by atoms with van der Waals surface area (Å²) in [5, 5.41) is 5.74. The van der Waals surface area contributed by atoms with Crippen LogP contribution in [0.5, 0.6) is 5.75 Å². The molecule has 1 unspecified atom stereocenters. The number of carbonyl (C=O) groups excluding carboxylic acids is 2. The smallest absolute Gasteiger partial charge is 0.254 e. The summed E-state index contributed by atoms with van der Waals surface area (Å²) in [5.74, 6) is 0.889. The Morgan fingerprint density at radius 2 is 1.96 bits per heavy atom. The molecule has 3 heterocycles. The largest absolute Gasteiger partial charge is 0.491 e. The van der Waals surface area contributed by atoms with Gasteiger partial charge in [0.25, 0.3) is 11.8 Å². The van der Waals surface area contributed by atoms with Crippen LogP contribution >= 0.6 is 0 Å². The molecule has 0 radical (unpaired) electrons. The molecule has 144 valence electrons. The molecule has 4 atom stereocenters. The molecule has 1 aliphatic carbocycles. The maximum absolute atomic E-state index is 12.9. The van der Waals surface area contributed by atoms with Crippen LogP contribution in [0.25, 0.3) is 0 Å². The van der Waals surface area contributed by atoms with E-state index in [0.717, 1.165) is 11.1 Å². The maximum atomic E-state index is 12.9. The molecular weight excluding hydrogens is 358 g/mol. The van der Waals surface area contributed by atoms with Crippen LogP contribution < -0.4 is 15.4 Å². The Hall–Kier alpha value is -2.93. The number of hydrogen-bond donors (Lipinski definition) is 2. The summed E-state index contributed by atoms with van der Waals surface area (Å²) in [6.07, 6.45) is 3.51. The Balaban J connectivity index is 1.50. The fourth-order valence-electron chi connectivity index (χ4n) is 4.31. The summed E-state index contributed by atoms with van der Waals surface area (Å²) < 4.78 is 11.3. The van der Waals surface area contributed by atoms with E-state index >= 15 is 0 Å². The predicted octanol–water partition coefficient (Wildman–Crippen LogP) is 1.34. The summed E-state index contributed by atoms with van der Waals surface area (Å²) in [6.45, 7) is 1.83. The van der Waals surface area contributed by atoms with E-state index in [1.807, 2.05) is 18.2 Å². The van der Waals surface area contributed by atoms with E-state index < -0.39 is 0 Å². The molecule has 28 heavy (non-hydrogen) atoms. The molecule has 3 aliphatic rings. The molecule has 1 saturated carbocycles. The van der Waals surface area contributed by atoms with Crippen molar-refractivity contribution >= 4 is 11.8 Å². The molecule has 2 aliphatic heterocycles. The molecule has 2 amide bonds. The zero-order chi connectivity index (χ0) is 19.3. The molecule has 2 N–H and O–H groups in total. The SMILES string of the molecule is CNC(=O)c1cc(C(=O)NC2[C@H]3COC[C@@H]23)cc2c1OC[C@H]2c1cccnc1. The van der Waals surface area contributed by atoms with Gasteiger partial charge in [-0.15, -0.1) is 0 Å². The first-order valence-electron chi connectivity index (χ1n) is 9.48. The number of rotatable bonds is 4. The summed E-state index contributed by atoms with van der Waals surface area (Å²) >= 11 is 0. The van der Waals surface area contributed by atoms with Gasteiger partial charge in [0.1, 0.15) is 5.75 Å². The Morgan fingerprint density at radius 3 is 2.68 bits per heavy atom. The second-order valence-electron chi connectivity index (χ2n) is 7.54. The highest BCUT2D eigenvalue weighted by Crippen LogP contribution is 2.45. The lowest BCUT2D eigenvalue weighted by Crippen LogP contribution is -2.30. The summed E-state index contributed by atoms with van der Waals surface area (Å²) in [5.41, 5.74) is 2.70. The van der Waals surface area contributed by atoms with Crippen molar-refractivity contribution in [3.05, 3.63) is 58.9 Å². The zero-order valence-corrected chi connectivity index (χ0v) is 15.5. The van der Waals surface area contributed by atoms with Gasteiger partial charge in [0, 0.05) is 54.4 Å². The van der Waals surface area contributed by atoms with Crippen molar-refractivity contribution in [3.63, 3.8) is 0 Å². The third-order valence-corrected chi connectivity index (χ3v) is 5.96. The molecule has 1 aromatic heterocycles. The number of carbonyl (C=O) groups is 2. The number of hydrogen-bond acceptors (Lipinski definition) is 5. The Morgan fingerprint density at radius 1 is 1.14 bits per heavy atom. The summed E-state index contributed by atoms with van der Waals surface area (Å²) in [6, 6.07) is 7.48. The van der Waals surface area contributed by atoms with Crippen molar-refractivity contribution in [2.75, 3.05) is 26.9 Å². The third-order valence-electron chi connectivity index (χ3n) is 5.96. The van der Waals surface area contributed by atoms with E-state index in [-0.39, 0.29) is 23.8 Å². The second kappa shape index (κ2) is 6.60. The first kappa shape index (κ1) is 17.2. The van der Waals surface area contributed by atoms with Crippen LogP contribution in [0.1, 0.15) is 37.8 Å². The maximum Gasteiger partial charge on any atom is 0.254 e. The van der Waals surface area contributed by atoms with Gasteiger partial charge in [-0.3, -0.25) is 14.6 Å². The normalized spacial score (nSPS) is 26.8. The number of nitrogens with one attached hydrogen (secondary N) is 2. The van der Waals surface area contributed by atoms with Gasteiger partial charge in [-0.05, 0) is 23.8 Å². The van der Waals surface area contributed by atoms with Crippen molar-refractivity contribution < 1.29 is 19.1 Å². The fourth-order valence-corrected chi connectivity index (χ4v) is 4.31. The highest BCUT2D eigenvalue weighted by atomic mass is 16.5. The molecule has 0 spiro atoms. The quantitative estimate of drug-likeness (QED) is 0.837. The van der Waals surface area contributed by atoms with Gasteiger partial charge >= 0.3 is 0 Å². The second-order valence-corrected chi connectivity index (χ2v) is 7.54. The van der Waals surface area contributed by atoms with Crippen LogP contribution in [-0.4, -0.2) is 49.7 Å². The van der Waals surface area contributed by atoms with Crippen molar-refractivity contribution in [2.45, 2.75) is 12.0 Å². The Labute approximate surface area is 162 Å². The Kier molecular flexibility index (Phi) is 4.05. The minimum Gasteiger partial charge on any atom is -0.491 e. The fraction of sp³-hybridized carbons (Fsp3) is 0.381. The average Bonchev–Trinajstić information content (AvgIpc) is 3.10. The number of aromatic nitrogens is 1. The minimum atomic E-state index is -0.269. The van der Waals surface area contributed by atoms with Crippen LogP contribution in [0.15, 0.2) is 36.7 Å². The standard InChI is InChI=1S/C21H21N3O4/c1-22-21(26)14-6-12(20(25)24-18-16-8-27-9-17(16)18)5-13-15(10-28-19(13)14)11-3-2-4-23-7-11/h2-7,15-18H,8-10H2,1H3,(H,22,26)(H,24,25)/t15-,16-,17+,18?/m0/s1. The highest BCUT2D eigenvalue weighted by Gasteiger charge is 2.54. The van der Waals surface area contributed by atoms with Crippen molar-refractivity contribution in [3.8, 4) is 5.75 Å². The van der Waals surface area contributed by atoms with E-state index in [9.17, 15) is 9.59 Å². The topological polar surface area (TPSA) is 89.6 Å². The molecule has 5 rings (SSSR count). The van der Waals surface area contributed by atoms with Crippen molar-refractivity contribution in [1.82, 2.24) is 15.6 Å². The molecule has 1 aromatic carbocycles. The van der Waals surface area contributed by atoms with E-state index in [1.165, 1.54) is 0 Å². The number of amides is 2. The summed E-state index contributed by atoms with van der Waals surface area (Å²) in [4.78, 5) is 29.5. The first-order chi connectivity index (χ1) is 13.7. The van der Waals surface area contributed by atoms with Crippen molar-refractivity contribution in [2.24, 2.45) is 11.8 Å². The number of pyridine rings is 1. The van der Waals surface area contributed by atoms with Gasteiger partial charge in [-0.2, -0.15) is 0 Å². The van der Waals surface area contributed by atoms with E-state index in [2.05, 4.69) is 15.6 Å². The molecule has 7 nitrogen and oxygen atoms in total. The van der Waals surface area contributed by atoms with E-state index in [0.29, 0.717) is 48.5 Å². The van der Waals surface area contributed by atoms with E-state index in [4.69, 9.17) is 9.47 Å². The number of fused-ring (bicyclic) bond motifs is 2. The van der Waals surface area contributed by atoms with Crippen LogP contribution in [0.4, 0.5) is 0 Å². The van der Waals surface area contributed by atoms with Gasteiger partial charge in [-0.25, -0.2) is 0 Å². The third kappa shape index (κ3) is 2.74. The van der Waals surface area contributed by atoms with Gasteiger partial charge in [-0.1, -0.05) is 6.07 Å². The monoisotopic (exact) mass is 379 g/mol. The lowest BCUT2D eigenvalue weighted by Gasteiger charge is -2.13. The van der Waals surface area contributed by atoms with Crippen LogP contribution in [0, 0.1) is 11.8 Å². The minimum absolute atomic E-state index is 0.0615. The first-order valence-corrected chi connectivity index (χ1v) is 9.48. The summed E-state index contributed by atoms with van der Waals surface area (Å²) in [7, 11) is 1.57. The zero-order valence-electron chi connectivity index (χ0n) is 15.5. The van der Waals surface area contributed by atoms with Crippen LogP contribution in [0.3, 0.4) is 0 Å². The van der Waals surface area contributed by atoms with Gasteiger partial charge in [0.05, 0.1) is 25.4 Å². The number of benzene rings is 1. The molecule has 2 fully saturated rings. The van der Waals surface area contributed by atoms with Crippen molar-refractivity contribution in [1.29, 1.82) is 0 Å².